The van der Waals surface area contributed by atoms with E-state index in [9.17, 15) is 0 Å². The Kier molecular flexibility index (Phi) is 3.77. The first-order valence-corrected chi connectivity index (χ1v) is 5.03. The molecule has 0 aromatic carbocycles. The summed E-state index contributed by atoms with van der Waals surface area (Å²) in [5, 5.41) is 0. The van der Waals surface area contributed by atoms with Crippen LogP contribution in [-0.2, 0) is 0 Å². The lowest BCUT2D eigenvalue weighted by Crippen LogP contribution is -2.35. The molecular weight excluding hydrogens is 223 g/mol. The van der Waals surface area contributed by atoms with Gasteiger partial charge in [-0.3, -0.25) is 0 Å². The molecule has 0 saturated carbocycles. The fraction of sp³-hybridized carbons (Fsp3) is 0.500. The van der Waals surface area contributed by atoms with Crippen LogP contribution in [0.25, 0.3) is 0 Å². The number of nitrogens with zero attached hydrogens (tertiary/aromatic N) is 3. The van der Waals surface area contributed by atoms with E-state index in [0.717, 1.165) is 0 Å². The molecule has 1 rings (SSSR count). The van der Waals surface area contributed by atoms with E-state index < -0.39 is 0 Å². The predicted molar refractivity (Wildman–Crippen MR) is 59.6 cm³/mol. The summed E-state index contributed by atoms with van der Waals surface area (Å²) in [7, 11) is 0. The molecule has 0 spiro atoms. The summed E-state index contributed by atoms with van der Waals surface area (Å²) in [5.74, 6) is 0.560. The first-order chi connectivity index (χ1) is 6.54. The van der Waals surface area contributed by atoms with Crippen LogP contribution in [0.15, 0.2) is 12.5 Å². The molecule has 0 radical (unpaired) electrons. The lowest BCUT2D eigenvalue weighted by atomic mass is 10.4. The Morgan fingerprint density at radius 1 is 1.36 bits per heavy atom. The molecule has 0 aliphatic rings. The third-order valence-corrected chi connectivity index (χ3v) is 2.15. The molecule has 0 bridgehead atoms. The summed E-state index contributed by atoms with van der Waals surface area (Å²) < 4.78 is 0. The van der Waals surface area contributed by atoms with Gasteiger partial charge in [0.2, 0.25) is 0 Å². The summed E-state index contributed by atoms with van der Waals surface area (Å²) in [4.78, 5) is 9.55. The molecule has 6 heteroatoms. The maximum Gasteiger partial charge on any atom is 0.157 e. The standard InChI is InChI=1S/C8H12Cl2N4/c1-5(9)14(6(2)10)8-7(11)3-12-4-13-8/h3-6H,11H2,1-2H3. The molecule has 2 unspecified atom stereocenters. The molecule has 0 saturated heterocycles. The Morgan fingerprint density at radius 2 is 1.93 bits per heavy atom. The highest BCUT2D eigenvalue weighted by molar-refractivity contribution is 6.25. The van der Waals surface area contributed by atoms with Crippen molar-refractivity contribution in [3.63, 3.8) is 0 Å². The Balaban J connectivity index is 3.05. The van der Waals surface area contributed by atoms with Crippen molar-refractivity contribution in [1.29, 1.82) is 0 Å². The Hall–Kier alpha value is -0.740. The van der Waals surface area contributed by atoms with Gasteiger partial charge in [0.1, 0.15) is 17.3 Å². The van der Waals surface area contributed by atoms with Crippen LogP contribution in [0.3, 0.4) is 0 Å². The zero-order valence-electron chi connectivity index (χ0n) is 7.98. The van der Waals surface area contributed by atoms with Crippen LogP contribution in [0.1, 0.15) is 13.8 Å². The van der Waals surface area contributed by atoms with Crippen LogP contribution < -0.4 is 10.6 Å². The molecule has 2 N–H and O–H groups in total. The van der Waals surface area contributed by atoms with Gasteiger partial charge in [-0.15, -0.1) is 0 Å². The largest absolute Gasteiger partial charge is 0.394 e. The Morgan fingerprint density at radius 3 is 2.36 bits per heavy atom. The zero-order valence-corrected chi connectivity index (χ0v) is 9.50. The lowest BCUT2D eigenvalue weighted by molar-refractivity contribution is 0.754. The quantitative estimate of drug-likeness (QED) is 0.643. The van der Waals surface area contributed by atoms with Gasteiger partial charge >= 0.3 is 0 Å². The van der Waals surface area contributed by atoms with Crippen molar-refractivity contribution in [2.24, 2.45) is 0 Å². The van der Waals surface area contributed by atoms with Crippen molar-refractivity contribution in [3.05, 3.63) is 12.5 Å². The fourth-order valence-corrected chi connectivity index (χ4v) is 1.75. The minimum Gasteiger partial charge on any atom is -0.394 e. The third-order valence-electron chi connectivity index (χ3n) is 1.73. The Labute approximate surface area is 93.0 Å². The number of hydrogen-bond acceptors (Lipinski definition) is 4. The van der Waals surface area contributed by atoms with Gasteiger partial charge in [0.15, 0.2) is 5.82 Å². The topological polar surface area (TPSA) is 55.0 Å². The Bertz CT molecular complexity index is 295. The predicted octanol–water partition coefficient (Wildman–Crippen LogP) is 2.03. The molecule has 0 amide bonds. The molecule has 2 atom stereocenters. The fourth-order valence-electron chi connectivity index (χ4n) is 1.17. The van der Waals surface area contributed by atoms with Gasteiger partial charge in [0.05, 0.1) is 11.9 Å². The number of alkyl halides is 2. The number of hydrogen-bond donors (Lipinski definition) is 1. The van der Waals surface area contributed by atoms with Crippen LogP contribution in [0.5, 0.6) is 0 Å². The van der Waals surface area contributed by atoms with Crippen LogP contribution in [-0.4, -0.2) is 21.0 Å². The van der Waals surface area contributed by atoms with Crippen molar-refractivity contribution in [2.45, 2.75) is 24.8 Å². The van der Waals surface area contributed by atoms with Gasteiger partial charge in [-0.2, -0.15) is 0 Å². The average molecular weight is 235 g/mol. The number of nitrogens with two attached hydrogens (primary N) is 1. The lowest BCUT2D eigenvalue weighted by Gasteiger charge is -2.29. The second-order valence-corrected chi connectivity index (χ2v) is 4.12. The second-order valence-electron chi connectivity index (χ2n) is 2.86. The van der Waals surface area contributed by atoms with Gasteiger partial charge < -0.3 is 10.6 Å². The van der Waals surface area contributed by atoms with Gasteiger partial charge in [-0.05, 0) is 13.8 Å². The third kappa shape index (κ3) is 2.39. The zero-order chi connectivity index (χ0) is 10.7. The highest BCUT2D eigenvalue weighted by atomic mass is 35.5. The van der Waals surface area contributed by atoms with Crippen molar-refractivity contribution < 1.29 is 0 Å². The summed E-state index contributed by atoms with van der Waals surface area (Å²) in [5.41, 5.74) is 5.62. The van der Waals surface area contributed by atoms with Gasteiger partial charge in [-0.1, -0.05) is 23.2 Å². The van der Waals surface area contributed by atoms with Gasteiger partial charge in [0, 0.05) is 0 Å². The molecule has 4 nitrogen and oxygen atoms in total. The molecule has 1 aromatic heterocycles. The van der Waals surface area contributed by atoms with Gasteiger partial charge in [0.25, 0.3) is 0 Å². The van der Waals surface area contributed by atoms with Crippen LogP contribution in [0.2, 0.25) is 0 Å². The maximum absolute atomic E-state index is 5.97. The normalized spacial score (nSPS) is 14.9. The van der Waals surface area contributed by atoms with Gasteiger partial charge in [-0.25, -0.2) is 9.97 Å². The molecule has 0 aliphatic carbocycles. The molecular formula is C8H12Cl2N4. The smallest absolute Gasteiger partial charge is 0.157 e. The number of rotatable bonds is 3. The first kappa shape index (κ1) is 11.3. The number of halogens is 2. The van der Waals surface area contributed by atoms with Crippen molar-refractivity contribution in [1.82, 2.24) is 9.97 Å². The molecule has 78 valence electrons. The maximum atomic E-state index is 5.97. The van der Waals surface area contributed by atoms with Crippen LogP contribution in [0, 0.1) is 0 Å². The summed E-state index contributed by atoms with van der Waals surface area (Å²) in [6.07, 6.45) is 2.94. The minimum atomic E-state index is -0.278. The molecule has 1 aromatic rings. The summed E-state index contributed by atoms with van der Waals surface area (Å²) in [6, 6.07) is 0. The minimum absolute atomic E-state index is 0.278. The van der Waals surface area contributed by atoms with E-state index in [0.29, 0.717) is 11.5 Å². The van der Waals surface area contributed by atoms with Crippen molar-refractivity contribution in [2.75, 3.05) is 10.6 Å². The second kappa shape index (κ2) is 4.66. The molecule has 14 heavy (non-hydrogen) atoms. The van der Waals surface area contributed by atoms with Crippen molar-refractivity contribution >= 4 is 34.7 Å². The first-order valence-electron chi connectivity index (χ1n) is 4.16. The van der Waals surface area contributed by atoms with E-state index in [-0.39, 0.29) is 11.0 Å². The average Bonchev–Trinajstić information content (AvgIpc) is 2.07. The highest BCUT2D eigenvalue weighted by Gasteiger charge is 2.20. The van der Waals surface area contributed by atoms with E-state index in [2.05, 4.69) is 9.97 Å². The number of nitrogen functional groups attached to an aromatic ring is 1. The number of aromatic nitrogens is 2. The molecule has 0 aliphatic heterocycles. The highest BCUT2D eigenvalue weighted by Crippen LogP contribution is 2.25. The van der Waals surface area contributed by atoms with E-state index in [1.807, 2.05) is 13.8 Å². The van der Waals surface area contributed by atoms with Crippen LogP contribution >= 0.6 is 23.2 Å². The van der Waals surface area contributed by atoms with E-state index in [1.165, 1.54) is 12.5 Å². The summed E-state index contributed by atoms with van der Waals surface area (Å²) in [6.45, 7) is 3.62. The molecule has 1 heterocycles. The molecule has 0 fully saturated rings. The number of anilines is 2. The van der Waals surface area contributed by atoms with E-state index >= 15 is 0 Å². The van der Waals surface area contributed by atoms with E-state index in [1.54, 1.807) is 4.90 Å². The van der Waals surface area contributed by atoms with E-state index in [4.69, 9.17) is 28.9 Å². The van der Waals surface area contributed by atoms with Crippen LogP contribution in [0.4, 0.5) is 11.5 Å². The monoisotopic (exact) mass is 234 g/mol. The SMILES string of the molecule is CC(Cl)N(c1ncncc1N)C(C)Cl. The summed E-state index contributed by atoms with van der Waals surface area (Å²) >= 11 is 11.9. The van der Waals surface area contributed by atoms with Crippen molar-refractivity contribution in [3.8, 4) is 0 Å².